The molecule has 0 radical (unpaired) electrons. The Morgan fingerprint density at radius 1 is 0.870 bits per heavy atom. The summed E-state index contributed by atoms with van der Waals surface area (Å²) < 4.78 is 11.0. The lowest BCUT2D eigenvalue weighted by molar-refractivity contribution is 0.311. The first-order chi connectivity index (χ1) is 11.1. The molecule has 2 aromatic rings. The van der Waals surface area contributed by atoms with Gasteiger partial charge >= 0.3 is 0 Å². The second kappa shape index (κ2) is 8.59. The molecule has 3 nitrogen and oxygen atoms in total. The molecule has 0 aliphatic carbocycles. The van der Waals surface area contributed by atoms with Gasteiger partial charge in [-0.15, -0.1) is 0 Å². The summed E-state index contributed by atoms with van der Waals surface area (Å²) in [7, 11) is 1.68. The van der Waals surface area contributed by atoms with Gasteiger partial charge in [0.2, 0.25) is 0 Å². The van der Waals surface area contributed by atoms with E-state index in [0.717, 1.165) is 36.6 Å². The molecule has 2 rings (SSSR count). The van der Waals surface area contributed by atoms with Crippen LogP contribution in [0.2, 0.25) is 0 Å². The Hall–Kier alpha value is -2.00. The van der Waals surface area contributed by atoms with Gasteiger partial charge < -0.3 is 14.8 Å². The number of methoxy groups -OCH3 is 1. The molecule has 0 aliphatic rings. The monoisotopic (exact) mass is 313 g/mol. The van der Waals surface area contributed by atoms with Crippen LogP contribution in [-0.4, -0.2) is 26.8 Å². The van der Waals surface area contributed by atoms with E-state index >= 15 is 0 Å². The number of aryl methyl sites for hydroxylation is 3. The summed E-state index contributed by atoms with van der Waals surface area (Å²) >= 11 is 0. The molecule has 0 bridgehead atoms. The van der Waals surface area contributed by atoms with Crippen LogP contribution in [0.3, 0.4) is 0 Å². The minimum atomic E-state index is 0.652. The van der Waals surface area contributed by atoms with Crippen LogP contribution in [0.4, 0.5) is 0 Å². The molecule has 0 amide bonds. The van der Waals surface area contributed by atoms with Crippen LogP contribution < -0.4 is 14.8 Å². The largest absolute Gasteiger partial charge is 0.496 e. The predicted molar refractivity (Wildman–Crippen MR) is 95.7 cm³/mol. The molecule has 124 valence electrons. The average Bonchev–Trinajstić information content (AvgIpc) is 2.55. The summed E-state index contributed by atoms with van der Waals surface area (Å²) in [5, 5.41) is 3.42. The van der Waals surface area contributed by atoms with Crippen LogP contribution >= 0.6 is 0 Å². The number of nitrogens with one attached hydrogen (secondary N) is 1. The van der Waals surface area contributed by atoms with E-state index in [1.807, 2.05) is 25.1 Å². The quantitative estimate of drug-likeness (QED) is 0.751. The topological polar surface area (TPSA) is 30.5 Å². The van der Waals surface area contributed by atoms with Gasteiger partial charge in [0.25, 0.3) is 0 Å². The summed E-state index contributed by atoms with van der Waals surface area (Å²) in [5.41, 5.74) is 5.21. The molecule has 0 aliphatic heterocycles. The van der Waals surface area contributed by atoms with Gasteiger partial charge in [0.05, 0.1) is 7.11 Å². The first kappa shape index (κ1) is 17.4. The van der Waals surface area contributed by atoms with Gasteiger partial charge in [-0.05, 0) is 62.1 Å². The molecule has 23 heavy (non-hydrogen) atoms. The standard InChI is InChI=1S/C20H27NO2/c1-15-5-7-18(13-17(15)3)9-10-21-11-12-23-19-8-6-16(2)20(14-19)22-4/h5-8,13-14,21H,9-12H2,1-4H3. The van der Waals surface area contributed by atoms with Gasteiger partial charge in [-0.2, -0.15) is 0 Å². The maximum Gasteiger partial charge on any atom is 0.125 e. The lowest BCUT2D eigenvalue weighted by Crippen LogP contribution is -2.23. The lowest BCUT2D eigenvalue weighted by atomic mass is 10.0. The van der Waals surface area contributed by atoms with Crippen molar-refractivity contribution in [3.8, 4) is 11.5 Å². The third-order valence-corrected chi connectivity index (χ3v) is 4.09. The summed E-state index contributed by atoms with van der Waals surface area (Å²) in [5.74, 6) is 1.72. The molecule has 0 saturated heterocycles. The Balaban J connectivity index is 1.67. The second-order valence-electron chi connectivity index (χ2n) is 5.90. The summed E-state index contributed by atoms with van der Waals surface area (Å²) in [6, 6.07) is 12.6. The van der Waals surface area contributed by atoms with Crippen LogP contribution in [0.15, 0.2) is 36.4 Å². The second-order valence-corrected chi connectivity index (χ2v) is 5.90. The molecule has 0 heterocycles. The smallest absolute Gasteiger partial charge is 0.125 e. The van der Waals surface area contributed by atoms with Gasteiger partial charge in [0.15, 0.2) is 0 Å². The molecule has 0 unspecified atom stereocenters. The van der Waals surface area contributed by atoms with E-state index in [-0.39, 0.29) is 0 Å². The van der Waals surface area contributed by atoms with Crippen LogP contribution in [0.1, 0.15) is 22.3 Å². The molecule has 0 spiro atoms. The molecule has 0 fully saturated rings. The number of rotatable bonds is 8. The summed E-state index contributed by atoms with van der Waals surface area (Å²) in [4.78, 5) is 0. The third-order valence-electron chi connectivity index (χ3n) is 4.09. The van der Waals surface area contributed by atoms with Crippen molar-refractivity contribution in [3.63, 3.8) is 0 Å². The fourth-order valence-electron chi connectivity index (χ4n) is 2.45. The van der Waals surface area contributed by atoms with Crippen molar-refractivity contribution in [2.24, 2.45) is 0 Å². The van der Waals surface area contributed by atoms with Crippen LogP contribution in [0, 0.1) is 20.8 Å². The van der Waals surface area contributed by atoms with Crippen LogP contribution in [0.25, 0.3) is 0 Å². The number of ether oxygens (including phenoxy) is 2. The van der Waals surface area contributed by atoms with Gasteiger partial charge in [-0.25, -0.2) is 0 Å². The van der Waals surface area contributed by atoms with E-state index in [0.29, 0.717) is 6.61 Å². The minimum absolute atomic E-state index is 0.652. The average molecular weight is 313 g/mol. The van der Waals surface area contributed by atoms with Crippen LogP contribution in [0.5, 0.6) is 11.5 Å². The van der Waals surface area contributed by atoms with Gasteiger partial charge in [0.1, 0.15) is 18.1 Å². The zero-order valence-electron chi connectivity index (χ0n) is 14.6. The zero-order valence-corrected chi connectivity index (χ0v) is 14.6. The number of hydrogen-bond acceptors (Lipinski definition) is 3. The Morgan fingerprint density at radius 2 is 1.65 bits per heavy atom. The minimum Gasteiger partial charge on any atom is -0.496 e. The molecular formula is C20H27NO2. The fraction of sp³-hybridized carbons (Fsp3) is 0.400. The maximum absolute atomic E-state index is 5.75. The van der Waals surface area contributed by atoms with E-state index in [9.17, 15) is 0 Å². The first-order valence-electron chi connectivity index (χ1n) is 8.14. The van der Waals surface area contributed by atoms with E-state index in [1.165, 1.54) is 16.7 Å². The molecule has 0 atom stereocenters. The highest BCUT2D eigenvalue weighted by molar-refractivity contribution is 5.39. The SMILES string of the molecule is COc1cc(OCCNCCc2ccc(C)c(C)c2)ccc1C. The van der Waals surface area contributed by atoms with Crippen molar-refractivity contribution < 1.29 is 9.47 Å². The maximum atomic E-state index is 5.75. The van der Waals surface area contributed by atoms with Crippen molar-refractivity contribution in [2.45, 2.75) is 27.2 Å². The fourth-order valence-corrected chi connectivity index (χ4v) is 2.45. The summed E-state index contributed by atoms with van der Waals surface area (Å²) in [6.45, 7) is 8.78. The van der Waals surface area contributed by atoms with Crippen molar-refractivity contribution in [2.75, 3.05) is 26.8 Å². The van der Waals surface area contributed by atoms with Crippen LogP contribution in [-0.2, 0) is 6.42 Å². The van der Waals surface area contributed by atoms with Crippen molar-refractivity contribution in [1.29, 1.82) is 0 Å². The summed E-state index contributed by atoms with van der Waals surface area (Å²) in [6.07, 6.45) is 1.04. The normalized spacial score (nSPS) is 10.6. The van der Waals surface area contributed by atoms with E-state index in [1.54, 1.807) is 7.11 Å². The highest BCUT2D eigenvalue weighted by Crippen LogP contribution is 2.23. The predicted octanol–water partition coefficient (Wildman–Crippen LogP) is 3.83. The van der Waals surface area contributed by atoms with E-state index in [2.05, 4.69) is 37.4 Å². The van der Waals surface area contributed by atoms with Gasteiger partial charge in [-0.1, -0.05) is 24.3 Å². The zero-order chi connectivity index (χ0) is 16.7. The van der Waals surface area contributed by atoms with Gasteiger partial charge in [-0.3, -0.25) is 0 Å². The van der Waals surface area contributed by atoms with Crippen molar-refractivity contribution in [1.82, 2.24) is 5.32 Å². The van der Waals surface area contributed by atoms with Crippen molar-refractivity contribution >= 4 is 0 Å². The third kappa shape index (κ3) is 5.29. The Kier molecular flexibility index (Phi) is 6.48. The van der Waals surface area contributed by atoms with E-state index < -0.39 is 0 Å². The lowest BCUT2D eigenvalue weighted by Gasteiger charge is -2.10. The molecule has 0 saturated carbocycles. The van der Waals surface area contributed by atoms with E-state index in [4.69, 9.17) is 9.47 Å². The Labute approximate surface area is 139 Å². The molecule has 3 heteroatoms. The number of benzene rings is 2. The Morgan fingerprint density at radius 3 is 2.39 bits per heavy atom. The highest BCUT2D eigenvalue weighted by Gasteiger charge is 2.01. The number of hydrogen-bond donors (Lipinski definition) is 1. The van der Waals surface area contributed by atoms with Gasteiger partial charge in [0, 0.05) is 12.6 Å². The Bertz CT molecular complexity index is 638. The first-order valence-corrected chi connectivity index (χ1v) is 8.14. The molecule has 2 aromatic carbocycles. The van der Waals surface area contributed by atoms with Crippen molar-refractivity contribution in [3.05, 3.63) is 58.7 Å². The highest BCUT2D eigenvalue weighted by atomic mass is 16.5. The molecular weight excluding hydrogens is 286 g/mol. The molecule has 1 N–H and O–H groups in total. The molecule has 0 aromatic heterocycles.